The Labute approximate surface area is 269 Å². The van der Waals surface area contributed by atoms with E-state index in [1.807, 2.05) is 6.07 Å². The van der Waals surface area contributed by atoms with Crippen molar-refractivity contribution in [2.24, 2.45) is 11.7 Å². The molecule has 8 nitrogen and oxygen atoms in total. The van der Waals surface area contributed by atoms with Gasteiger partial charge in [-0.3, -0.25) is 14.4 Å². The molecule has 4 aromatic carbocycles. The Morgan fingerprint density at radius 1 is 0.872 bits per heavy atom. The molecule has 1 aliphatic heterocycles. The fourth-order valence-electron chi connectivity index (χ4n) is 5.93. The number of primary amides is 1. The standard InChI is InChI=1S/C36H31F3N4O4/c37-36(38,39)31-20-30(14-13-28(31)22-40)42-34(46)35(47,29-15-17-43(18-16-29)33(45)26-6-2-1-3-7-26)21-23-5-4-8-27(19-23)24-9-11-25(12-10-24)32(41)44/h1-14,19-20,29,47H,15-18,21H2,(H2,41,44)(H,42,46). The minimum Gasteiger partial charge on any atom is -0.379 e. The lowest BCUT2D eigenvalue weighted by Gasteiger charge is -2.40. The van der Waals surface area contributed by atoms with Crippen molar-refractivity contribution in [3.8, 4) is 17.2 Å². The zero-order valence-electron chi connectivity index (χ0n) is 25.1. The van der Waals surface area contributed by atoms with E-state index in [0.717, 1.165) is 17.2 Å². The quantitative estimate of drug-likeness (QED) is 0.223. The van der Waals surface area contributed by atoms with Gasteiger partial charge in [0.2, 0.25) is 5.91 Å². The maximum atomic E-state index is 13.9. The second-order valence-electron chi connectivity index (χ2n) is 11.5. The fraction of sp³-hybridized carbons (Fsp3) is 0.222. The zero-order chi connectivity index (χ0) is 33.8. The first-order valence-corrected chi connectivity index (χ1v) is 14.9. The molecule has 0 spiro atoms. The number of benzene rings is 4. The topological polar surface area (TPSA) is 137 Å². The number of piperidine rings is 1. The van der Waals surface area contributed by atoms with E-state index in [9.17, 15) is 32.7 Å². The summed E-state index contributed by atoms with van der Waals surface area (Å²) in [7, 11) is 0. The number of hydrogen-bond acceptors (Lipinski definition) is 5. The Hall–Kier alpha value is -5.47. The highest BCUT2D eigenvalue weighted by Gasteiger charge is 2.46. The third-order valence-electron chi connectivity index (χ3n) is 8.48. The van der Waals surface area contributed by atoms with Gasteiger partial charge in [-0.1, -0.05) is 54.6 Å². The van der Waals surface area contributed by atoms with Crippen molar-refractivity contribution < 1.29 is 32.7 Å². The lowest BCUT2D eigenvalue weighted by atomic mass is 9.75. The Morgan fingerprint density at radius 2 is 1.55 bits per heavy atom. The highest BCUT2D eigenvalue weighted by atomic mass is 19.4. The molecule has 1 heterocycles. The number of halogens is 3. The van der Waals surface area contributed by atoms with Crippen LogP contribution < -0.4 is 11.1 Å². The first-order valence-electron chi connectivity index (χ1n) is 14.9. The van der Waals surface area contributed by atoms with E-state index < -0.39 is 40.6 Å². The summed E-state index contributed by atoms with van der Waals surface area (Å²) in [5.74, 6) is -2.30. The SMILES string of the molecule is N#Cc1ccc(NC(=O)C(O)(Cc2cccc(-c3ccc(C(N)=O)cc3)c2)C2CCN(C(=O)c3ccccc3)CC2)cc1C(F)(F)F. The van der Waals surface area contributed by atoms with Crippen LogP contribution in [0.1, 0.15) is 50.2 Å². The molecule has 0 aliphatic carbocycles. The van der Waals surface area contributed by atoms with Crippen LogP contribution in [-0.4, -0.2) is 46.4 Å². The van der Waals surface area contributed by atoms with Crippen molar-refractivity contribution in [1.82, 2.24) is 4.90 Å². The largest absolute Gasteiger partial charge is 0.417 e. The number of hydrogen-bond donors (Lipinski definition) is 3. The Kier molecular flexibility index (Phi) is 9.44. The van der Waals surface area contributed by atoms with E-state index in [4.69, 9.17) is 11.0 Å². The summed E-state index contributed by atoms with van der Waals surface area (Å²) in [5, 5.41) is 23.8. The van der Waals surface area contributed by atoms with Gasteiger partial charge in [0, 0.05) is 42.2 Å². The van der Waals surface area contributed by atoms with Crippen molar-refractivity contribution in [1.29, 1.82) is 5.26 Å². The summed E-state index contributed by atoms with van der Waals surface area (Å²) in [5.41, 5.74) is 4.18. The summed E-state index contributed by atoms with van der Waals surface area (Å²) in [4.78, 5) is 40.1. The lowest BCUT2D eigenvalue weighted by Crippen LogP contribution is -2.54. The maximum Gasteiger partial charge on any atom is 0.417 e. The molecular weight excluding hydrogens is 609 g/mol. The normalized spacial score (nSPS) is 14.9. The number of nitrogens with zero attached hydrogens (tertiary/aromatic N) is 2. The monoisotopic (exact) mass is 640 g/mol. The van der Waals surface area contributed by atoms with E-state index in [1.165, 1.54) is 12.1 Å². The Morgan fingerprint density at radius 3 is 2.17 bits per heavy atom. The van der Waals surface area contributed by atoms with Crippen molar-refractivity contribution in [3.63, 3.8) is 0 Å². The van der Waals surface area contributed by atoms with Crippen LogP contribution in [-0.2, 0) is 17.4 Å². The molecule has 1 fully saturated rings. The molecule has 4 N–H and O–H groups in total. The van der Waals surface area contributed by atoms with Gasteiger partial charge in [-0.2, -0.15) is 18.4 Å². The van der Waals surface area contributed by atoms with Gasteiger partial charge in [0.15, 0.2) is 0 Å². The maximum absolute atomic E-state index is 13.9. The molecule has 4 aromatic rings. The van der Waals surface area contributed by atoms with Gasteiger partial charge >= 0.3 is 6.18 Å². The van der Waals surface area contributed by atoms with E-state index in [2.05, 4.69) is 5.32 Å². The van der Waals surface area contributed by atoms with Crippen LogP contribution >= 0.6 is 0 Å². The van der Waals surface area contributed by atoms with E-state index in [1.54, 1.807) is 77.7 Å². The first kappa shape index (κ1) is 32.9. The van der Waals surface area contributed by atoms with Crippen LogP contribution in [0.25, 0.3) is 11.1 Å². The molecule has 1 unspecified atom stereocenters. The number of nitriles is 1. The molecule has 1 aliphatic rings. The fourth-order valence-corrected chi connectivity index (χ4v) is 5.93. The molecule has 3 amide bonds. The van der Waals surface area contributed by atoms with Gasteiger partial charge < -0.3 is 21.1 Å². The third-order valence-corrected chi connectivity index (χ3v) is 8.48. The summed E-state index contributed by atoms with van der Waals surface area (Å²) in [6.07, 6.45) is -4.49. The molecule has 47 heavy (non-hydrogen) atoms. The number of carbonyl (C=O) groups is 3. The van der Waals surface area contributed by atoms with Gasteiger partial charge in [-0.05, 0) is 72.0 Å². The van der Waals surface area contributed by atoms with Crippen molar-refractivity contribution >= 4 is 23.4 Å². The van der Waals surface area contributed by atoms with Gasteiger partial charge in [0.25, 0.3) is 11.8 Å². The number of likely N-dealkylation sites (tertiary alicyclic amines) is 1. The molecule has 0 saturated carbocycles. The number of rotatable bonds is 8. The second kappa shape index (κ2) is 13.5. The van der Waals surface area contributed by atoms with Crippen molar-refractivity contribution in [3.05, 3.63) is 125 Å². The van der Waals surface area contributed by atoms with E-state index in [0.29, 0.717) is 22.8 Å². The van der Waals surface area contributed by atoms with Crippen LogP contribution in [0, 0.1) is 17.2 Å². The number of aliphatic hydroxyl groups is 1. The van der Waals surface area contributed by atoms with Crippen molar-refractivity contribution in [2.75, 3.05) is 18.4 Å². The molecular formula is C36H31F3N4O4. The average Bonchev–Trinajstić information content (AvgIpc) is 3.08. The van der Waals surface area contributed by atoms with Crippen LogP contribution in [0.15, 0.2) is 97.1 Å². The molecule has 1 atom stereocenters. The second-order valence-corrected chi connectivity index (χ2v) is 11.5. The molecule has 5 rings (SSSR count). The van der Waals surface area contributed by atoms with Gasteiger partial charge in [0.1, 0.15) is 5.60 Å². The number of nitrogens with two attached hydrogens (primary N) is 1. The molecule has 1 saturated heterocycles. The highest BCUT2D eigenvalue weighted by Crippen LogP contribution is 2.36. The van der Waals surface area contributed by atoms with E-state index in [-0.39, 0.29) is 43.9 Å². The van der Waals surface area contributed by atoms with Crippen LogP contribution in [0.2, 0.25) is 0 Å². The predicted molar refractivity (Wildman–Crippen MR) is 169 cm³/mol. The Balaban J connectivity index is 1.44. The molecule has 0 radical (unpaired) electrons. The molecule has 11 heteroatoms. The Bertz CT molecular complexity index is 1830. The van der Waals surface area contributed by atoms with E-state index >= 15 is 0 Å². The predicted octanol–water partition coefficient (Wildman–Crippen LogP) is 5.81. The zero-order valence-corrected chi connectivity index (χ0v) is 25.1. The van der Waals surface area contributed by atoms with Crippen LogP contribution in [0.5, 0.6) is 0 Å². The number of carbonyl (C=O) groups excluding carboxylic acids is 3. The summed E-state index contributed by atoms with van der Waals surface area (Å²) in [6.45, 7) is 0.518. The van der Waals surface area contributed by atoms with Crippen LogP contribution in [0.4, 0.5) is 18.9 Å². The molecule has 0 aromatic heterocycles. The number of anilines is 1. The number of nitrogens with one attached hydrogen (secondary N) is 1. The first-order chi connectivity index (χ1) is 22.4. The summed E-state index contributed by atoms with van der Waals surface area (Å²) < 4.78 is 41.0. The average molecular weight is 641 g/mol. The van der Waals surface area contributed by atoms with Crippen LogP contribution in [0.3, 0.4) is 0 Å². The third kappa shape index (κ3) is 7.34. The minimum atomic E-state index is -4.84. The highest BCUT2D eigenvalue weighted by molar-refractivity contribution is 5.98. The van der Waals surface area contributed by atoms with Crippen molar-refractivity contribution in [2.45, 2.75) is 31.0 Å². The van der Waals surface area contributed by atoms with Gasteiger partial charge in [0.05, 0.1) is 17.2 Å². The molecule has 240 valence electrons. The lowest BCUT2D eigenvalue weighted by molar-refractivity contribution is -0.142. The van der Waals surface area contributed by atoms with Gasteiger partial charge in [-0.15, -0.1) is 0 Å². The summed E-state index contributed by atoms with van der Waals surface area (Å²) in [6, 6.07) is 26.8. The molecule has 0 bridgehead atoms. The summed E-state index contributed by atoms with van der Waals surface area (Å²) >= 11 is 0. The number of amides is 3. The van der Waals surface area contributed by atoms with Gasteiger partial charge in [-0.25, -0.2) is 0 Å². The smallest absolute Gasteiger partial charge is 0.379 e. The number of alkyl halides is 3. The minimum absolute atomic E-state index is 0.175.